The molecule has 8 nitrogen and oxygen atoms in total. The molecule has 1 fully saturated rings. The number of hydrogen-bond donors (Lipinski definition) is 0. The Hall–Kier alpha value is -3.78. The smallest absolute Gasteiger partial charge is 0.254 e. The Labute approximate surface area is 211 Å². The van der Waals surface area contributed by atoms with Gasteiger partial charge in [0.15, 0.2) is 0 Å². The highest BCUT2D eigenvalue weighted by molar-refractivity contribution is 5.95. The third-order valence-electron chi connectivity index (χ3n) is 6.17. The molecule has 8 heteroatoms. The molecule has 1 amide bonds. The van der Waals surface area contributed by atoms with Gasteiger partial charge in [0.2, 0.25) is 11.2 Å². The monoisotopic (exact) mass is 492 g/mol. The van der Waals surface area contributed by atoms with Crippen LogP contribution in [0.15, 0.2) is 57.9 Å². The molecule has 0 radical (unpaired) electrons. The van der Waals surface area contributed by atoms with Crippen molar-refractivity contribution in [3.05, 3.63) is 87.0 Å². The highest BCUT2D eigenvalue weighted by atomic mass is 16.5. The number of benzene rings is 2. The van der Waals surface area contributed by atoms with Crippen LogP contribution >= 0.6 is 0 Å². The van der Waals surface area contributed by atoms with E-state index >= 15 is 0 Å². The lowest BCUT2D eigenvalue weighted by molar-refractivity contribution is 0.0618. The van der Waals surface area contributed by atoms with Crippen molar-refractivity contribution in [2.45, 2.75) is 27.0 Å². The van der Waals surface area contributed by atoms with E-state index < -0.39 is 0 Å². The molecule has 0 bridgehead atoms. The third kappa shape index (κ3) is 6.26. The van der Waals surface area contributed by atoms with Crippen molar-refractivity contribution in [3.63, 3.8) is 0 Å². The Morgan fingerprint density at radius 1 is 0.889 bits per heavy atom. The van der Waals surface area contributed by atoms with Gasteiger partial charge in [0.1, 0.15) is 30.1 Å². The zero-order valence-electron chi connectivity index (χ0n) is 21.2. The Morgan fingerprint density at radius 3 is 2.11 bits per heavy atom. The van der Waals surface area contributed by atoms with Crippen molar-refractivity contribution in [3.8, 4) is 17.2 Å². The Bertz CT molecular complexity index is 1230. The summed E-state index contributed by atoms with van der Waals surface area (Å²) in [5.74, 6) is 1.85. The van der Waals surface area contributed by atoms with Crippen LogP contribution in [-0.4, -0.2) is 56.1 Å². The van der Waals surface area contributed by atoms with Crippen molar-refractivity contribution in [2.24, 2.45) is 0 Å². The van der Waals surface area contributed by atoms with E-state index in [0.29, 0.717) is 62.2 Å². The van der Waals surface area contributed by atoms with Crippen LogP contribution < -0.4 is 19.6 Å². The summed E-state index contributed by atoms with van der Waals surface area (Å²) in [6, 6.07) is 12.8. The van der Waals surface area contributed by atoms with Gasteiger partial charge in [-0.3, -0.25) is 14.5 Å². The molecule has 1 aliphatic heterocycles. The van der Waals surface area contributed by atoms with Crippen LogP contribution in [0.3, 0.4) is 0 Å². The second-order valence-corrected chi connectivity index (χ2v) is 9.03. The largest absolute Gasteiger partial charge is 0.497 e. The number of hydrogen-bond acceptors (Lipinski definition) is 7. The fourth-order valence-corrected chi connectivity index (χ4v) is 4.38. The number of piperazine rings is 1. The number of aryl methyl sites for hydroxylation is 2. The molecule has 1 aliphatic rings. The highest BCUT2D eigenvalue weighted by Crippen LogP contribution is 2.24. The van der Waals surface area contributed by atoms with Gasteiger partial charge < -0.3 is 23.5 Å². The molecule has 36 heavy (non-hydrogen) atoms. The van der Waals surface area contributed by atoms with E-state index in [0.717, 1.165) is 16.7 Å². The lowest BCUT2D eigenvalue weighted by atomic mass is 10.1. The molecule has 3 aromatic rings. The van der Waals surface area contributed by atoms with Gasteiger partial charge in [-0.05, 0) is 31.5 Å². The van der Waals surface area contributed by atoms with E-state index in [2.05, 4.69) is 11.0 Å². The molecular formula is C28H32N2O6. The maximum Gasteiger partial charge on any atom is 0.254 e. The van der Waals surface area contributed by atoms with Crippen LogP contribution in [0.25, 0.3) is 0 Å². The normalized spacial score (nSPS) is 13.9. The molecule has 2 heterocycles. The highest BCUT2D eigenvalue weighted by Gasteiger charge is 2.24. The second kappa shape index (κ2) is 11.3. The minimum atomic E-state index is -0.207. The minimum Gasteiger partial charge on any atom is -0.497 e. The summed E-state index contributed by atoms with van der Waals surface area (Å²) in [5, 5.41) is 0. The standard InChI is InChI=1S/C28H32N2O6/c1-19-9-20(2)11-21(10-19)17-36-27-18-35-25(15-26(27)31)16-29-5-7-30(8-6-29)28(32)22-12-23(33-3)14-24(13-22)34-4/h9-15,18H,5-8,16-17H2,1-4H3. The molecule has 0 saturated carbocycles. The molecule has 0 unspecified atom stereocenters. The van der Waals surface area contributed by atoms with Gasteiger partial charge in [-0.25, -0.2) is 0 Å². The zero-order valence-corrected chi connectivity index (χ0v) is 21.2. The molecule has 1 saturated heterocycles. The first-order valence-corrected chi connectivity index (χ1v) is 11.9. The van der Waals surface area contributed by atoms with Gasteiger partial charge in [0, 0.05) is 43.9 Å². The molecule has 2 aromatic carbocycles. The topological polar surface area (TPSA) is 81.5 Å². The molecule has 0 spiro atoms. The van der Waals surface area contributed by atoms with Crippen LogP contribution in [0.2, 0.25) is 0 Å². The number of methoxy groups -OCH3 is 2. The fourth-order valence-electron chi connectivity index (χ4n) is 4.38. The quantitative estimate of drug-likeness (QED) is 0.473. The van der Waals surface area contributed by atoms with Gasteiger partial charge in [0.25, 0.3) is 5.91 Å². The SMILES string of the molecule is COc1cc(OC)cc(C(=O)N2CCN(Cc3cc(=O)c(OCc4cc(C)cc(C)c4)co3)CC2)c1. The Balaban J connectivity index is 1.31. The number of nitrogens with zero attached hydrogens (tertiary/aromatic N) is 2. The van der Waals surface area contributed by atoms with Crippen LogP contribution in [0.4, 0.5) is 0 Å². The minimum absolute atomic E-state index is 0.0660. The van der Waals surface area contributed by atoms with Crippen molar-refractivity contribution < 1.29 is 23.4 Å². The van der Waals surface area contributed by atoms with Crippen LogP contribution in [0, 0.1) is 13.8 Å². The summed E-state index contributed by atoms with van der Waals surface area (Å²) in [6.45, 7) is 7.34. The summed E-state index contributed by atoms with van der Waals surface area (Å²) >= 11 is 0. The predicted octanol–water partition coefficient (Wildman–Crippen LogP) is 3.81. The van der Waals surface area contributed by atoms with E-state index in [1.807, 2.05) is 30.9 Å². The van der Waals surface area contributed by atoms with E-state index in [9.17, 15) is 9.59 Å². The average molecular weight is 493 g/mol. The molecule has 4 rings (SSSR count). The number of carbonyl (C=O) groups excluding carboxylic acids is 1. The lowest BCUT2D eigenvalue weighted by Crippen LogP contribution is -2.48. The van der Waals surface area contributed by atoms with Gasteiger partial charge in [0.05, 0.1) is 20.8 Å². The predicted molar refractivity (Wildman–Crippen MR) is 136 cm³/mol. The Morgan fingerprint density at radius 2 is 1.53 bits per heavy atom. The Kier molecular flexibility index (Phi) is 7.95. The molecule has 0 N–H and O–H groups in total. The van der Waals surface area contributed by atoms with E-state index in [1.54, 1.807) is 32.4 Å². The van der Waals surface area contributed by atoms with Crippen LogP contribution in [0.5, 0.6) is 17.2 Å². The van der Waals surface area contributed by atoms with Gasteiger partial charge in [-0.1, -0.05) is 29.3 Å². The summed E-state index contributed by atoms with van der Waals surface area (Å²) in [7, 11) is 3.12. The first-order valence-electron chi connectivity index (χ1n) is 11.9. The first-order chi connectivity index (χ1) is 17.3. The van der Waals surface area contributed by atoms with E-state index in [4.69, 9.17) is 18.6 Å². The van der Waals surface area contributed by atoms with Crippen LogP contribution in [0.1, 0.15) is 32.8 Å². The molecular weight excluding hydrogens is 460 g/mol. The summed E-state index contributed by atoms with van der Waals surface area (Å²) in [6.07, 6.45) is 1.39. The van der Waals surface area contributed by atoms with Gasteiger partial charge in [-0.15, -0.1) is 0 Å². The second-order valence-electron chi connectivity index (χ2n) is 9.03. The molecule has 0 atom stereocenters. The number of carbonyl (C=O) groups is 1. The zero-order chi connectivity index (χ0) is 25.7. The molecule has 1 aromatic heterocycles. The fraction of sp³-hybridized carbons (Fsp3) is 0.357. The number of rotatable bonds is 8. The average Bonchev–Trinajstić information content (AvgIpc) is 2.87. The van der Waals surface area contributed by atoms with Gasteiger partial charge >= 0.3 is 0 Å². The van der Waals surface area contributed by atoms with Gasteiger partial charge in [-0.2, -0.15) is 0 Å². The van der Waals surface area contributed by atoms with E-state index in [1.165, 1.54) is 12.3 Å². The lowest BCUT2D eigenvalue weighted by Gasteiger charge is -2.34. The van der Waals surface area contributed by atoms with E-state index in [-0.39, 0.29) is 17.1 Å². The van der Waals surface area contributed by atoms with Crippen molar-refractivity contribution >= 4 is 5.91 Å². The van der Waals surface area contributed by atoms with Crippen molar-refractivity contribution in [1.82, 2.24) is 9.80 Å². The number of amides is 1. The van der Waals surface area contributed by atoms with Crippen molar-refractivity contribution in [2.75, 3.05) is 40.4 Å². The number of ether oxygens (including phenoxy) is 3. The molecule has 0 aliphatic carbocycles. The van der Waals surface area contributed by atoms with Crippen molar-refractivity contribution in [1.29, 1.82) is 0 Å². The summed E-state index contributed by atoms with van der Waals surface area (Å²) in [4.78, 5) is 29.5. The maximum absolute atomic E-state index is 13.0. The maximum atomic E-state index is 13.0. The first kappa shape index (κ1) is 25.3. The third-order valence-corrected chi connectivity index (χ3v) is 6.17. The van der Waals surface area contributed by atoms with Crippen LogP contribution in [-0.2, 0) is 13.2 Å². The summed E-state index contributed by atoms with van der Waals surface area (Å²) in [5.41, 5.74) is 3.64. The molecule has 190 valence electrons. The summed E-state index contributed by atoms with van der Waals surface area (Å²) < 4.78 is 22.0.